The quantitative estimate of drug-likeness (QED) is 0.785. The minimum atomic E-state index is 0.133. The predicted octanol–water partition coefficient (Wildman–Crippen LogP) is 4.89. The van der Waals surface area contributed by atoms with Crippen LogP contribution in [0.3, 0.4) is 0 Å². The molecule has 1 saturated carbocycles. The van der Waals surface area contributed by atoms with Gasteiger partial charge >= 0.3 is 0 Å². The van der Waals surface area contributed by atoms with Gasteiger partial charge in [0.25, 0.3) is 0 Å². The summed E-state index contributed by atoms with van der Waals surface area (Å²) < 4.78 is 5.82. The van der Waals surface area contributed by atoms with Crippen LogP contribution in [-0.2, 0) is 10.5 Å². The summed E-state index contributed by atoms with van der Waals surface area (Å²) in [5, 5.41) is 3.20. The van der Waals surface area contributed by atoms with E-state index in [-0.39, 0.29) is 5.91 Å². The van der Waals surface area contributed by atoms with Crippen LogP contribution in [0.2, 0.25) is 0 Å². The Bertz CT molecular complexity index is 756. The van der Waals surface area contributed by atoms with Gasteiger partial charge in [0.1, 0.15) is 5.76 Å². The number of nitrogens with one attached hydrogen (secondary N) is 1. The molecule has 26 heavy (non-hydrogen) atoms. The molecule has 5 heteroatoms. The van der Waals surface area contributed by atoms with Gasteiger partial charge in [-0.25, -0.2) is 4.98 Å². The highest BCUT2D eigenvalue weighted by molar-refractivity contribution is 7.99. The van der Waals surface area contributed by atoms with Crippen molar-refractivity contribution in [2.75, 3.05) is 5.75 Å². The number of aryl methyl sites for hydroxylation is 2. The zero-order valence-corrected chi connectivity index (χ0v) is 16.7. The first kappa shape index (κ1) is 19.0. The fourth-order valence-electron chi connectivity index (χ4n) is 3.48. The number of aromatic nitrogens is 1. The molecule has 3 rings (SSSR count). The van der Waals surface area contributed by atoms with Gasteiger partial charge in [0.2, 0.25) is 11.8 Å². The molecule has 1 aliphatic rings. The minimum Gasteiger partial charge on any atom is -0.441 e. The zero-order valence-electron chi connectivity index (χ0n) is 15.9. The Morgan fingerprint density at radius 1 is 1.31 bits per heavy atom. The molecule has 0 bridgehead atoms. The molecule has 1 aromatic carbocycles. The van der Waals surface area contributed by atoms with Gasteiger partial charge in [0.15, 0.2) is 0 Å². The molecular formula is C21H28N2O2S. The standard InChI is InChI=1S/C21H28N2O2S/c1-14-7-6-9-17(11-14)21-23-19(16(3)25-21)12-26-13-20(24)22-18-10-5-4-8-15(18)2/h6-7,9,11,15,18H,4-5,8,10,12-13H2,1-3H3,(H,22,24). The number of nitrogens with zero attached hydrogens (tertiary/aromatic N) is 1. The number of benzene rings is 1. The molecule has 0 saturated heterocycles. The summed E-state index contributed by atoms with van der Waals surface area (Å²) in [5.41, 5.74) is 3.10. The lowest BCUT2D eigenvalue weighted by molar-refractivity contribution is -0.119. The van der Waals surface area contributed by atoms with Gasteiger partial charge in [-0.1, -0.05) is 37.5 Å². The fourth-order valence-corrected chi connectivity index (χ4v) is 4.32. The molecule has 140 valence electrons. The van der Waals surface area contributed by atoms with Crippen molar-refractivity contribution in [2.45, 2.75) is 58.2 Å². The number of carbonyl (C=O) groups is 1. The number of hydrogen-bond donors (Lipinski definition) is 1. The first-order chi connectivity index (χ1) is 12.5. The minimum absolute atomic E-state index is 0.133. The number of rotatable bonds is 6. The van der Waals surface area contributed by atoms with Crippen LogP contribution < -0.4 is 5.32 Å². The molecule has 2 aromatic rings. The molecule has 2 unspecified atom stereocenters. The highest BCUT2D eigenvalue weighted by atomic mass is 32.2. The van der Waals surface area contributed by atoms with Crippen molar-refractivity contribution >= 4 is 17.7 Å². The van der Waals surface area contributed by atoms with E-state index in [0.29, 0.717) is 29.4 Å². The van der Waals surface area contributed by atoms with Crippen molar-refractivity contribution in [3.63, 3.8) is 0 Å². The molecule has 1 fully saturated rings. The molecule has 2 atom stereocenters. The van der Waals surface area contributed by atoms with E-state index in [1.807, 2.05) is 19.1 Å². The Morgan fingerprint density at radius 3 is 2.88 bits per heavy atom. The molecule has 0 aliphatic heterocycles. The topological polar surface area (TPSA) is 55.1 Å². The highest BCUT2D eigenvalue weighted by Gasteiger charge is 2.22. The van der Waals surface area contributed by atoms with Crippen LogP contribution in [0.25, 0.3) is 11.5 Å². The molecule has 1 N–H and O–H groups in total. The van der Waals surface area contributed by atoms with E-state index in [1.165, 1.54) is 24.8 Å². The van der Waals surface area contributed by atoms with Crippen LogP contribution in [-0.4, -0.2) is 22.7 Å². The van der Waals surface area contributed by atoms with Crippen molar-refractivity contribution in [3.05, 3.63) is 41.3 Å². The zero-order chi connectivity index (χ0) is 18.5. The average molecular weight is 373 g/mol. The highest BCUT2D eigenvalue weighted by Crippen LogP contribution is 2.26. The van der Waals surface area contributed by atoms with E-state index < -0.39 is 0 Å². The third-order valence-corrected chi connectivity index (χ3v) is 6.03. The van der Waals surface area contributed by atoms with Crippen LogP contribution in [0.5, 0.6) is 0 Å². The summed E-state index contributed by atoms with van der Waals surface area (Å²) in [5.74, 6) is 3.36. The van der Waals surface area contributed by atoms with Crippen LogP contribution in [0, 0.1) is 19.8 Å². The molecule has 4 nitrogen and oxygen atoms in total. The first-order valence-electron chi connectivity index (χ1n) is 9.43. The lowest BCUT2D eigenvalue weighted by Gasteiger charge is -2.29. The van der Waals surface area contributed by atoms with Crippen molar-refractivity contribution in [1.29, 1.82) is 0 Å². The molecule has 1 heterocycles. The smallest absolute Gasteiger partial charge is 0.230 e. The summed E-state index contributed by atoms with van der Waals surface area (Å²) in [6.07, 6.45) is 4.84. The van der Waals surface area contributed by atoms with E-state index in [1.54, 1.807) is 11.8 Å². The molecular weight excluding hydrogens is 344 g/mol. The summed E-state index contributed by atoms with van der Waals surface area (Å²) >= 11 is 1.60. The van der Waals surface area contributed by atoms with E-state index in [2.05, 4.69) is 36.3 Å². The Kier molecular flexibility index (Phi) is 6.41. The lowest BCUT2D eigenvalue weighted by Crippen LogP contribution is -2.41. The number of hydrogen-bond acceptors (Lipinski definition) is 4. The van der Waals surface area contributed by atoms with Crippen molar-refractivity contribution in [1.82, 2.24) is 10.3 Å². The Hall–Kier alpha value is -1.75. The Morgan fingerprint density at radius 2 is 2.12 bits per heavy atom. The molecule has 0 spiro atoms. The van der Waals surface area contributed by atoms with Crippen LogP contribution in [0.1, 0.15) is 49.6 Å². The van der Waals surface area contributed by atoms with Gasteiger partial charge in [-0.05, 0) is 44.7 Å². The summed E-state index contributed by atoms with van der Waals surface area (Å²) in [6, 6.07) is 8.49. The SMILES string of the molecule is Cc1cccc(-c2nc(CSCC(=O)NC3CCCCC3C)c(C)o2)c1. The van der Waals surface area contributed by atoms with E-state index >= 15 is 0 Å². The summed E-state index contributed by atoms with van der Waals surface area (Å²) in [7, 11) is 0. The van der Waals surface area contributed by atoms with E-state index in [4.69, 9.17) is 4.42 Å². The Balaban J connectivity index is 1.51. The lowest BCUT2D eigenvalue weighted by atomic mass is 9.86. The number of amides is 1. The fraction of sp³-hybridized carbons (Fsp3) is 0.524. The van der Waals surface area contributed by atoms with Crippen LogP contribution >= 0.6 is 11.8 Å². The van der Waals surface area contributed by atoms with Crippen LogP contribution in [0.4, 0.5) is 0 Å². The van der Waals surface area contributed by atoms with Gasteiger partial charge in [-0.2, -0.15) is 0 Å². The second-order valence-electron chi connectivity index (χ2n) is 7.32. The Labute approximate surface area is 160 Å². The molecule has 1 aliphatic carbocycles. The second-order valence-corrected chi connectivity index (χ2v) is 8.31. The van der Waals surface area contributed by atoms with Gasteiger partial charge in [-0.3, -0.25) is 4.79 Å². The molecule has 0 radical (unpaired) electrons. The van der Waals surface area contributed by atoms with Crippen molar-refractivity contribution < 1.29 is 9.21 Å². The van der Waals surface area contributed by atoms with Crippen molar-refractivity contribution in [3.8, 4) is 11.5 Å². The largest absolute Gasteiger partial charge is 0.441 e. The first-order valence-corrected chi connectivity index (χ1v) is 10.6. The van der Waals surface area contributed by atoms with Crippen molar-refractivity contribution in [2.24, 2.45) is 5.92 Å². The van der Waals surface area contributed by atoms with E-state index in [9.17, 15) is 4.79 Å². The maximum atomic E-state index is 12.2. The summed E-state index contributed by atoms with van der Waals surface area (Å²) in [4.78, 5) is 16.8. The second kappa shape index (κ2) is 8.76. The third-order valence-electron chi connectivity index (χ3n) is 5.09. The molecule has 1 amide bonds. The molecule has 1 aromatic heterocycles. The maximum absolute atomic E-state index is 12.2. The van der Waals surface area contributed by atoms with Gasteiger partial charge < -0.3 is 9.73 Å². The number of thioether (sulfide) groups is 1. The van der Waals surface area contributed by atoms with Crippen LogP contribution in [0.15, 0.2) is 28.7 Å². The monoisotopic (exact) mass is 372 g/mol. The van der Waals surface area contributed by atoms with Gasteiger partial charge in [0, 0.05) is 17.4 Å². The third kappa shape index (κ3) is 4.91. The normalized spacial score (nSPS) is 20.1. The summed E-state index contributed by atoms with van der Waals surface area (Å²) in [6.45, 7) is 6.23. The van der Waals surface area contributed by atoms with Gasteiger partial charge in [-0.15, -0.1) is 11.8 Å². The average Bonchev–Trinajstić information content (AvgIpc) is 2.98. The number of oxazole rings is 1. The predicted molar refractivity (Wildman–Crippen MR) is 107 cm³/mol. The van der Waals surface area contributed by atoms with E-state index in [0.717, 1.165) is 23.4 Å². The number of carbonyl (C=O) groups excluding carboxylic acids is 1. The van der Waals surface area contributed by atoms with Gasteiger partial charge in [0.05, 0.1) is 11.4 Å². The maximum Gasteiger partial charge on any atom is 0.230 e.